The lowest BCUT2D eigenvalue weighted by Gasteiger charge is -2.26. The number of aromatic nitrogens is 9. The first-order valence-corrected chi connectivity index (χ1v) is 41.8. The van der Waals surface area contributed by atoms with Crippen molar-refractivity contribution in [2.45, 2.75) is 209 Å². The van der Waals surface area contributed by atoms with Crippen molar-refractivity contribution >= 4 is 44.1 Å². The third kappa shape index (κ3) is 16.4. The summed E-state index contributed by atoms with van der Waals surface area (Å²) in [7, 11) is 0. The molecule has 20 rings (SSSR count). The Labute approximate surface area is 710 Å². The molecule has 8 aromatic heterocycles. The number of pyridine rings is 3. The zero-order chi connectivity index (χ0) is 86.6. The van der Waals surface area contributed by atoms with Crippen LogP contribution >= 0.6 is 0 Å². The summed E-state index contributed by atoms with van der Waals surface area (Å²) in [5.74, 6) is 2.33. The number of fused-ring (bicyclic) bond motifs is 8. The van der Waals surface area contributed by atoms with E-state index in [9.17, 15) is 68.9 Å². The summed E-state index contributed by atoms with van der Waals surface area (Å²) in [6, 6.07) is 27.8. The van der Waals surface area contributed by atoms with Gasteiger partial charge in [0, 0.05) is 147 Å². The van der Waals surface area contributed by atoms with Crippen molar-refractivity contribution < 1.29 is 86.8 Å². The maximum Gasteiger partial charge on any atom is 0.266 e. The van der Waals surface area contributed by atoms with Gasteiger partial charge in [0.15, 0.2) is 5.82 Å². The van der Waals surface area contributed by atoms with Gasteiger partial charge in [-0.2, -0.15) is 10.5 Å². The molecule has 0 bridgehead atoms. The van der Waals surface area contributed by atoms with E-state index in [4.69, 9.17) is 28.4 Å². The average molecular weight is 1700 g/mol. The van der Waals surface area contributed by atoms with E-state index in [1.165, 1.54) is 12.4 Å². The van der Waals surface area contributed by atoms with Gasteiger partial charge < -0.3 is 109 Å². The standard InChI is InChI=1S/C23H24F3N3O3.C23H24N4O4.C23H27N3O4.C22H22FN5O3/c1-11-2-6-28-23-12(11)4-7-29(23)16-9-18(21(31)20(16)30)32-17-8-14(22(25)26)19(24)13-3-5-27-10-15(13)17;1-13-2-4-26-23-15(13)3-6-27(23)17-10-20(22(29)21(17)28)31-19-9-14(11-24)8-18-16(19)12-25-5-7-30-18;1-13-6-8-25-23-15(13)7-9-26(23)17-10-20(22(28)21(17)27)30-19-5-3-4-18-16(19)12-24-11-14(2)29-18;1-11-26-9-15-16(23)10-28(22(15)27-11)17-6-19(21(30)20(17)29)31-18-5-12(7-24)4-13-2-3-25-8-14(13)18/h2,4,6-8,16,18,20-22,27,30-31H,3,5,9-10H2,1H3;2-4,6,8-9,17,20-22,25,28-29H,5,7,10,12H2,1H3;3-9,14,17,20-22,24,27-28H,10-12H2,1-2H3;4-5,9-10,17,19-21,25,29-30H,2-3,6,8H2,1H3. The highest BCUT2D eigenvalue weighted by Crippen LogP contribution is 2.46. The molecule has 12 N–H and O–H groups in total. The van der Waals surface area contributed by atoms with Crippen LogP contribution in [-0.2, 0) is 39.0 Å². The van der Waals surface area contributed by atoms with Crippen LogP contribution in [0.25, 0.3) is 44.1 Å². The minimum absolute atomic E-state index is 0.0720. The van der Waals surface area contributed by atoms with Crippen molar-refractivity contribution in [2.24, 2.45) is 0 Å². The van der Waals surface area contributed by atoms with E-state index < -0.39 is 109 Å². The molecule has 12 aromatic rings. The maximum absolute atomic E-state index is 14.6. The number of nitriles is 2. The molecule has 4 aliphatic carbocycles. The minimum Gasteiger partial charge on any atom is -0.492 e. The fraction of sp³-hybridized carbons (Fsp3) is 0.418. The van der Waals surface area contributed by atoms with E-state index in [0.717, 1.165) is 97.7 Å². The van der Waals surface area contributed by atoms with Crippen LogP contribution in [0.5, 0.6) is 34.5 Å². The van der Waals surface area contributed by atoms with Crippen molar-refractivity contribution in [1.82, 2.24) is 64.5 Å². The number of aliphatic hydroxyl groups excluding tert-OH is 8. The van der Waals surface area contributed by atoms with Gasteiger partial charge in [-0.1, -0.05) is 6.07 Å². The van der Waals surface area contributed by atoms with Gasteiger partial charge >= 0.3 is 0 Å². The van der Waals surface area contributed by atoms with Gasteiger partial charge in [0.25, 0.3) is 6.43 Å². The molecule has 4 aromatic carbocycles. The third-order valence-electron chi connectivity index (χ3n) is 25.2. The molecule has 0 saturated heterocycles. The van der Waals surface area contributed by atoms with Crippen LogP contribution < -0.4 is 49.7 Å². The molecule has 0 amide bonds. The number of alkyl halides is 2. The molecule has 4 aliphatic heterocycles. The Morgan fingerprint density at radius 1 is 0.476 bits per heavy atom. The largest absolute Gasteiger partial charge is 0.492 e. The Kier molecular flexibility index (Phi) is 24.4. The second-order valence-corrected chi connectivity index (χ2v) is 33.1. The summed E-state index contributed by atoms with van der Waals surface area (Å²) in [5, 5.41) is 121. The fourth-order valence-corrected chi connectivity index (χ4v) is 18.6. The second kappa shape index (κ2) is 35.7. The molecule has 4 fully saturated rings. The number of benzene rings is 4. The molecular weight excluding hydrogens is 1600 g/mol. The normalized spacial score (nSPS) is 26.2. The lowest BCUT2D eigenvalue weighted by atomic mass is 9.96. The first kappa shape index (κ1) is 84.8. The Balaban J connectivity index is 0.000000117. The van der Waals surface area contributed by atoms with E-state index in [-0.39, 0.29) is 60.7 Å². The van der Waals surface area contributed by atoms with Crippen LogP contribution in [0.15, 0.2) is 135 Å². The molecule has 4 saturated carbocycles. The Morgan fingerprint density at radius 3 is 1.47 bits per heavy atom. The summed E-state index contributed by atoms with van der Waals surface area (Å²) >= 11 is 0. The van der Waals surface area contributed by atoms with Crippen LogP contribution in [0.4, 0.5) is 17.6 Å². The van der Waals surface area contributed by atoms with E-state index in [2.05, 4.69) is 58.3 Å². The maximum atomic E-state index is 14.6. The Morgan fingerprint density at radius 2 is 0.935 bits per heavy atom. The van der Waals surface area contributed by atoms with Gasteiger partial charge in [0.1, 0.15) is 155 Å². The zero-order valence-corrected chi connectivity index (χ0v) is 68.7. The van der Waals surface area contributed by atoms with E-state index in [1.54, 1.807) is 48.3 Å². The van der Waals surface area contributed by atoms with E-state index in [0.29, 0.717) is 109 Å². The number of hydrogen-bond acceptors (Lipinski definition) is 25. The molecule has 33 heteroatoms. The predicted molar refractivity (Wildman–Crippen MR) is 446 cm³/mol. The number of aliphatic hydroxyl groups is 8. The van der Waals surface area contributed by atoms with Gasteiger partial charge in [-0.25, -0.2) is 42.5 Å². The SMILES string of the molecule is Cc1ccnc2c1ccn2C1CC(Oc2cc(C#N)cc3c2CNCCO3)C(O)C1O.Cc1ccnc2c1ccn2C1CC(Oc2cc(C(F)F)c(F)c3c2CNCC3)C(O)C1O.Cc1ccnc2c1ccn2C1CC(Oc2cccc3c2CNCC(C)O3)C(O)C1O.Cc1ncc2c(F)cn(C3CC(Oc4cc(C#N)cc5c4CNCC5)C(O)C3O)c2n1. The quantitative estimate of drug-likeness (QED) is 0.0479. The van der Waals surface area contributed by atoms with Gasteiger partial charge in [0.05, 0.1) is 63.9 Å². The summed E-state index contributed by atoms with van der Waals surface area (Å²) in [5.41, 5.74) is 10.6. The monoisotopic (exact) mass is 1700 g/mol. The number of nitrogens with one attached hydrogen (secondary N) is 4. The first-order valence-electron chi connectivity index (χ1n) is 41.8. The number of nitrogens with zero attached hydrogens (tertiary/aromatic N) is 11. The molecule has 29 nitrogen and oxygen atoms in total. The van der Waals surface area contributed by atoms with Crippen LogP contribution in [0.1, 0.15) is 136 Å². The molecular formula is C91H97F4N15O14. The lowest BCUT2D eigenvalue weighted by molar-refractivity contribution is -0.0167. The van der Waals surface area contributed by atoms with Crippen LogP contribution in [0, 0.1) is 62.0 Å². The zero-order valence-electron chi connectivity index (χ0n) is 68.7. The highest BCUT2D eigenvalue weighted by atomic mass is 19.3. The van der Waals surface area contributed by atoms with Crippen LogP contribution in [0.3, 0.4) is 0 Å². The number of halogens is 4. The van der Waals surface area contributed by atoms with Crippen LogP contribution in [-0.4, -0.2) is 196 Å². The van der Waals surface area contributed by atoms with Crippen molar-refractivity contribution in [2.75, 3.05) is 32.8 Å². The molecule has 648 valence electrons. The number of aryl methyl sites for hydroxylation is 4. The predicted octanol–water partition coefficient (Wildman–Crippen LogP) is 8.83. The molecule has 12 heterocycles. The molecule has 0 radical (unpaired) electrons. The number of hydrogen-bond donors (Lipinski definition) is 12. The molecule has 0 spiro atoms. The summed E-state index contributed by atoms with van der Waals surface area (Å²) < 4.78 is 99.5. The van der Waals surface area contributed by atoms with E-state index >= 15 is 0 Å². The van der Waals surface area contributed by atoms with Gasteiger partial charge in [-0.15, -0.1) is 0 Å². The number of rotatable bonds is 13. The highest BCUT2D eigenvalue weighted by Gasteiger charge is 2.49. The average Bonchev–Trinajstić information content (AvgIpc) is 1.47. The highest BCUT2D eigenvalue weighted by molar-refractivity contribution is 5.82. The molecule has 17 atom stereocenters. The lowest BCUT2D eigenvalue weighted by Crippen LogP contribution is -2.35. The summed E-state index contributed by atoms with van der Waals surface area (Å²) in [6.45, 7) is 15.1. The molecule has 17 unspecified atom stereocenters. The summed E-state index contributed by atoms with van der Waals surface area (Å²) in [4.78, 5) is 21.7. The molecule has 124 heavy (non-hydrogen) atoms. The minimum atomic E-state index is -2.98. The smallest absolute Gasteiger partial charge is 0.266 e. The topological polar surface area (TPSA) is 397 Å². The Hall–Kier alpha value is -11.4. The number of ether oxygens (including phenoxy) is 6. The second-order valence-electron chi connectivity index (χ2n) is 33.1. The fourth-order valence-electron chi connectivity index (χ4n) is 18.6. The van der Waals surface area contributed by atoms with Crippen molar-refractivity contribution in [3.8, 4) is 46.6 Å². The van der Waals surface area contributed by atoms with Crippen molar-refractivity contribution in [1.29, 1.82) is 10.5 Å². The van der Waals surface area contributed by atoms with Crippen molar-refractivity contribution in [3.05, 3.63) is 219 Å². The Bertz CT molecular complexity index is 6050. The van der Waals surface area contributed by atoms with Crippen LogP contribution in [0.2, 0.25) is 0 Å². The first-order chi connectivity index (χ1) is 59.9. The van der Waals surface area contributed by atoms with E-state index in [1.807, 2.05) is 121 Å². The van der Waals surface area contributed by atoms with Gasteiger partial charge in [-0.05, 0) is 167 Å². The summed E-state index contributed by atoms with van der Waals surface area (Å²) in [6.07, 6.45) is 1.62. The molecule has 8 aliphatic rings. The van der Waals surface area contributed by atoms with Gasteiger partial charge in [-0.3, -0.25) is 0 Å². The van der Waals surface area contributed by atoms with Crippen molar-refractivity contribution in [3.63, 3.8) is 0 Å². The third-order valence-corrected chi connectivity index (χ3v) is 25.2. The van der Waals surface area contributed by atoms with Gasteiger partial charge in [0.2, 0.25) is 0 Å².